The minimum absolute atomic E-state index is 0.0691. The number of carbonyl (C=O) groups is 1. The molecule has 0 radical (unpaired) electrons. The first kappa shape index (κ1) is 28.9. The SMILES string of the molecule is CC(C)(C)OC(=O)NC1=N[C@](C)(c2cc(-c3cc(-c4cccc(C(F)F)n4)no3)ccc2F)C[C@@H](C(F)(F)F)O1. The van der Waals surface area contributed by atoms with Crippen LogP contribution < -0.4 is 5.32 Å². The monoisotopic (exact) mass is 570 g/mol. The van der Waals surface area contributed by atoms with Gasteiger partial charge in [-0.05, 0) is 58.0 Å². The fourth-order valence-corrected chi connectivity index (χ4v) is 3.97. The molecule has 1 amide bonds. The maximum absolute atomic E-state index is 15.1. The van der Waals surface area contributed by atoms with Crippen molar-refractivity contribution in [2.75, 3.05) is 0 Å². The van der Waals surface area contributed by atoms with Crippen LogP contribution in [0.3, 0.4) is 0 Å². The maximum atomic E-state index is 15.1. The van der Waals surface area contributed by atoms with E-state index in [1.165, 1.54) is 37.3 Å². The second-order valence-electron chi connectivity index (χ2n) is 10.2. The molecule has 8 nitrogen and oxygen atoms in total. The number of nitrogens with one attached hydrogen (secondary N) is 1. The number of nitrogens with zero attached hydrogens (tertiary/aromatic N) is 3. The van der Waals surface area contributed by atoms with E-state index >= 15 is 4.39 Å². The van der Waals surface area contributed by atoms with E-state index < -0.39 is 59.9 Å². The first-order valence-electron chi connectivity index (χ1n) is 11.9. The lowest BCUT2D eigenvalue weighted by molar-refractivity contribution is -0.208. The summed E-state index contributed by atoms with van der Waals surface area (Å²) in [4.78, 5) is 20.1. The topological polar surface area (TPSA) is 98.8 Å². The van der Waals surface area contributed by atoms with Crippen LogP contribution >= 0.6 is 0 Å². The number of ether oxygens (including phenoxy) is 2. The minimum atomic E-state index is -4.87. The highest BCUT2D eigenvalue weighted by atomic mass is 19.4. The first-order chi connectivity index (χ1) is 18.5. The van der Waals surface area contributed by atoms with Crippen molar-refractivity contribution in [3.63, 3.8) is 0 Å². The molecule has 3 aromatic rings. The van der Waals surface area contributed by atoms with Crippen LogP contribution in [0.25, 0.3) is 22.7 Å². The highest BCUT2D eigenvalue weighted by molar-refractivity contribution is 5.91. The molecule has 2 atom stereocenters. The summed E-state index contributed by atoms with van der Waals surface area (Å²) in [5.74, 6) is -0.805. The Morgan fingerprint density at radius 3 is 2.50 bits per heavy atom. The molecule has 0 saturated carbocycles. The van der Waals surface area contributed by atoms with Gasteiger partial charge in [-0.2, -0.15) is 13.2 Å². The Kier molecular flexibility index (Phi) is 7.56. The lowest BCUT2D eigenvalue weighted by Gasteiger charge is -2.37. The van der Waals surface area contributed by atoms with E-state index in [0.717, 1.165) is 12.1 Å². The predicted octanol–water partition coefficient (Wildman–Crippen LogP) is 6.93. The number of alkyl halides is 5. The number of hydrogen-bond acceptors (Lipinski definition) is 7. The normalized spacial score (nSPS) is 19.7. The summed E-state index contributed by atoms with van der Waals surface area (Å²) < 4.78 is 97.8. The molecule has 3 heterocycles. The van der Waals surface area contributed by atoms with E-state index in [9.17, 15) is 26.7 Å². The number of pyridine rings is 1. The van der Waals surface area contributed by atoms with Crippen molar-refractivity contribution in [3.05, 3.63) is 59.5 Å². The number of amides is 1. The number of alkyl carbamates (subject to hydrolysis) is 1. The van der Waals surface area contributed by atoms with Crippen LogP contribution in [0.15, 0.2) is 52.0 Å². The van der Waals surface area contributed by atoms with Gasteiger partial charge in [0, 0.05) is 23.6 Å². The standard InChI is InChI=1S/C26H24F6N4O4/c1-24(2,3)39-23(37)34-22-35-25(4,12-20(38-22)26(30,31)32)14-10-13(8-9-15(14)27)19-11-18(36-40-19)16-6-5-7-17(33-16)21(28)29/h5-11,20-21H,12H2,1-4H3,(H,34,35,37)/t20-,25-/m0/s1. The predicted molar refractivity (Wildman–Crippen MR) is 130 cm³/mol. The Labute approximate surface area is 224 Å². The molecule has 1 N–H and O–H groups in total. The molecule has 0 spiro atoms. The Morgan fingerprint density at radius 2 is 1.85 bits per heavy atom. The summed E-state index contributed by atoms with van der Waals surface area (Å²) in [6.07, 6.45) is -12.0. The number of amidine groups is 1. The molecule has 0 aliphatic carbocycles. The zero-order chi connectivity index (χ0) is 29.5. The second-order valence-corrected chi connectivity index (χ2v) is 10.2. The van der Waals surface area contributed by atoms with Crippen molar-refractivity contribution >= 4 is 12.1 Å². The Balaban J connectivity index is 1.70. The molecule has 2 aromatic heterocycles. The van der Waals surface area contributed by atoms with Gasteiger partial charge in [-0.15, -0.1) is 0 Å². The van der Waals surface area contributed by atoms with E-state index in [-0.39, 0.29) is 28.3 Å². The fourth-order valence-electron chi connectivity index (χ4n) is 3.97. The van der Waals surface area contributed by atoms with Crippen molar-refractivity contribution in [3.8, 4) is 22.7 Å². The lowest BCUT2D eigenvalue weighted by atomic mass is 9.84. The lowest BCUT2D eigenvalue weighted by Crippen LogP contribution is -2.49. The third kappa shape index (κ3) is 6.54. The molecule has 0 saturated heterocycles. The number of benzene rings is 1. The Morgan fingerprint density at radius 1 is 1.12 bits per heavy atom. The molecule has 14 heteroatoms. The molecule has 0 unspecified atom stereocenters. The highest BCUT2D eigenvalue weighted by Gasteiger charge is 2.50. The molecule has 1 aromatic carbocycles. The van der Waals surface area contributed by atoms with Gasteiger partial charge in [-0.1, -0.05) is 11.2 Å². The van der Waals surface area contributed by atoms with Crippen molar-refractivity contribution in [1.82, 2.24) is 15.5 Å². The average Bonchev–Trinajstić information content (AvgIpc) is 3.32. The maximum Gasteiger partial charge on any atom is 0.425 e. The van der Waals surface area contributed by atoms with Crippen LogP contribution in [0.2, 0.25) is 0 Å². The van der Waals surface area contributed by atoms with Crippen molar-refractivity contribution in [2.24, 2.45) is 4.99 Å². The summed E-state index contributed by atoms with van der Waals surface area (Å²) in [5, 5.41) is 5.89. The molecule has 1 aliphatic rings. The summed E-state index contributed by atoms with van der Waals surface area (Å²) in [6, 6.07) is 8.10. The number of aromatic nitrogens is 2. The summed E-state index contributed by atoms with van der Waals surface area (Å²) in [5.41, 5.74) is -3.10. The molecular weight excluding hydrogens is 546 g/mol. The number of carbonyl (C=O) groups excluding carboxylic acids is 1. The highest BCUT2D eigenvalue weighted by Crippen LogP contribution is 2.42. The van der Waals surface area contributed by atoms with Gasteiger partial charge in [0.25, 0.3) is 12.4 Å². The summed E-state index contributed by atoms with van der Waals surface area (Å²) in [6.45, 7) is 5.93. The average molecular weight is 570 g/mol. The zero-order valence-electron chi connectivity index (χ0n) is 21.6. The largest absolute Gasteiger partial charge is 0.452 e. The number of aliphatic imine (C=N–C) groups is 1. The van der Waals surface area contributed by atoms with E-state index in [0.29, 0.717) is 0 Å². The molecule has 4 rings (SSSR count). The molecule has 40 heavy (non-hydrogen) atoms. The number of rotatable bonds is 4. The van der Waals surface area contributed by atoms with Gasteiger partial charge in [0.05, 0.1) is 11.2 Å². The summed E-state index contributed by atoms with van der Waals surface area (Å²) in [7, 11) is 0. The molecular formula is C26H24F6N4O4. The quantitative estimate of drug-likeness (QED) is 0.342. The van der Waals surface area contributed by atoms with Gasteiger partial charge in [-0.25, -0.2) is 33.3 Å². The third-order valence-electron chi connectivity index (χ3n) is 5.76. The Hall–Kier alpha value is -4.10. The van der Waals surface area contributed by atoms with Gasteiger partial charge in [0.1, 0.15) is 22.8 Å². The van der Waals surface area contributed by atoms with Gasteiger partial charge in [0.15, 0.2) is 11.9 Å². The van der Waals surface area contributed by atoms with Crippen LogP contribution in [0.5, 0.6) is 0 Å². The minimum Gasteiger partial charge on any atom is -0.452 e. The van der Waals surface area contributed by atoms with E-state index in [1.807, 2.05) is 0 Å². The molecule has 214 valence electrons. The van der Waals surface area contributed by atoms with Gasteiger partial charge in [0.2, 0.25) is 0 Å². The third-order valence-corrected chi connectivity index (χ3v) is 5.76. The van der Waals surface area contributed by atoms with Crippen LogP contribution in [-0.4, -0.2) is 40.1 Å². The molecule has 1 aliphatic heterocycles. The fraction of sp³-hybridized carbons (Fsp3) is 0.385. The van der Waals surface area contributed by atoms with Crippen LogP contribution in [0.4, 0.5) is 31.1 Å². The van der Waals surface area contributed by atoms with Gasteiger partial charge < -0.3 is 14.0 Å². The van der Waals surface area contributed by atoms with Gasteiger partial charge in [-0.3, -0.25) is 0 Å². The Bertz CT molecular complexity index is 1430. The van der Waals surface area contributed by atoms with E-state index in [2.05, 4.69) is 20.4 Å². The smallest absolute Gasteiger partial charge is 0.425 e. The second kappa shape index (κ2) is 10.5. The molecule has 0 fully saturated rings. The number of halogens is 6. The number of hydrogen-bond donors (Lipinski definition) is 1. The van der Waals surface area contributed by atoms with Gasteiger partial charge >= 0.3 is 12.3 Å². The van der Waals surface area contributed by atoms with Crippen LogP contribution in [-0.2, 0) is 15.0 Å². The zero-order valence-corrected chi connectivity index (χ0v) is 21.6. The first-order valence-corrected chi connectivity index (χ1v) is 11.9. The summed E-state index contributed by atoms with van der Waals surface area (Å²) >= 11 is 0. The van der Waals surface area contributed by atoms with Crippen molar-refractivity contribution in [2.45, 2.75) is 64.0 Å². The van der Waals surface area contributed by atoms with Crippen LogP contribution in [0, 0.1) is 5.82 Å². The van der Waals surface area contributed by atoms with Crippen molar-refractivity contribution < 1.29 is 45.1 Å². The van der Waals surface area contributed by atoms with E-state index in [4.69, 9.17) is 14.0 Å². The molecule has 0 bridgehead atoms. The van der Waals surface area contributed by atoms with E-state index in [1.54, 1.807) is 20.8 Å². The van der Waals surface area contributed by atoms with Crippen LogP contribution in [0.1, 0.15) is 51.8 Å². The van der Waals surface area contributed by atoms with Crippen molar-refractivity contribution in [1.29, 1.82) is 0 Å².